The van der Waals surface area contributed by atoms with E-state index in [1.54, 1.807) is 0 Å². The second-order valence-electron chi connectivity index (χ2n) is 3.76. The van der Waals surface area contributed by atoms with Gasteiger partial charge in [-0.25, -0.2) is 4.79 Å². The molecule has 0 saturated heterocycles. The minimum atomic E-state index is -5.27. The number of alkyl halides is 3. The van der Waals surface area contributed by atoms with Gasteiger partial charge in [0.2, 0.25) is 0 Å². The van der Waals surface area contributed by atoms with Crippen LogP contribution >= 0.6 is 0 Å². The first-order chi connectivity index (χ1) is 8.96. The smallest absolute Gasteiger partial charge is 0.471 e. The molecule has 116 valence electrons. The normalized spacial score (nSPS) is 15.9. The highest BCUT2D eigenvalue weighted by molar-refractivity contribution is 5.87. The van der Waals surface area contributed by atoms with Crippen molar-refractivity contribution in [3.63, 3.8) is 0 Å². The van der Waals surface area contributed by atoms with Crippen LogP contribution in [0.15, 0.2) is 0 Å². The number of ether oxygens (including phenoxy) is 1. The molecule has 2 unspecified atom stereocenters. The highest BCUT2D eigenvalue weighted by Gasteiger charge is 2.41. The maximum atomic E-state index is 11.9. The van der Waals surface area contributed by atoms with Crippen molar-refractivity contribution in [1.29, 1.82) is 0 Å². The Morgan fingerprint density at radius 3 is 2.20 bits per heavy atom. The number of carboxylic acids is 1. The van der Waals surface area contributed by atoms with Gasteiger partial charge in [0.1, 0.15) is 12.6 Å². The number of rotatable bonds is 6. The Labute approximate surface area is 110 Å². The van der Waals surface area contributed by atoms with E-state index in [4.69, 9.17) is 15.9 Å². The largest absolute Gasteiger partial charge is 0.480 e. The molecule has 0 aliphatic rings. The summed E-state index contributed by atoms with van der Waals surface area (Å²) in [7, 11) is 0. The Morgan fingerprint density at radius 2 is 1.85 bits per heavy atom. The molecule has 8 nitrogen and oxygen atoms in total. The molecular weight excluding hydrogens is 289 g/mol. The lowest BCUT2D eigenvalue weighted by molar-refractivity contribution is -0.176. The minimum absolute atomic E-state index is 1.06. The first-order valence-electron chi connectivity index (χ1n) is 5.17. The predicted octanol–water partition coefficient (Wildman–Crippen LogP) is -1.63. The summed E-state index contributed by atoms with van der Waals surface area (Å²) in [5.74, 6) is -5.53. The monoisotopic (exact) mass is 302 g/mol. The summed E-state index contributed by atoms with van der Waals surface area (Å²) in [4.78, 5) is 32.3. The quantitative estimate of drug-likeness (QED) is 0.432. The van der Waals surface area contributed by atoms with Gasteiger partial charge in [-0.1, -0.05) is 0 Å². The third-order valence-corrected chi connectivity index (χ3v) is 2.05. The molecule has 5 N–H and O–H groups in total. The zero-order valence-corrected chi connectivity index (χ0v) is 10.2. The molecule has 0 saturated carbocycles. The first-order valence-corrected chi connectivity index (χ1v) is 5.17. The molecule has 0 bridgehead atoms. The maximum absolute atomic E-state index is 11.9. The fraction of sp³-hybridized carbons (Fsp3) is 0.667. The van der Waals surface area contributed by atoms with Crippen molar-refractivity contribution in [2.24, 2.45) is 5.73 Å². The van der Waals surface area contributed by atoms with Crippen LogP contribution in [0.4, 0.5) is 13.2 Å². The molecule has 0 fully saturated rings. The number of halogens is 3. The number of aliphatic hydroxyl groups excluding tert-OH is 1. The fourth-order valence-electron chi connectivity index (χ4n) is 0.873. The van der Waals surface area contributed by atoms with Crippen LogP contribution in [0.3, 0.4) is 0 Å². The highest BCUT2D eigenvalue weighted by Crippen LogP contribution is 2.14. The van der Waals surface area contributed by atoms with E-state index in [0.29, 0.717) is 0 Å². The minimum Gasteiger partial charge on any atom is -0.480 e. The van der Waals surface area contributed by atoms with Crippen LogP contribution in [-0.2, 0) is 19.1 Å². The van der Waals surface area contributed by atoms with Crippen molar-refractivity contribution in [3.8, 4) is 0 Å². The summed E-state index contributed by atoms with van der Waals surface area (Å²) < 4.78 is 40.1. The van der Waals surface area contributed by atoms with Gasteiger partial charge in [0.05, 0.1) is 6.10 Å². The zero-order valence-electron chi connectivity index (χ0n) is 10.2. The van der Waals surface area contributed by atoms with Crippen LogP contribution in [0, 0.1) is 0 Å². The number of carbonyl (C=O) groups is 3. The average Bonchev–Trinajstić information content (AvgIpc) is 2.30. The van der Waals surface area contributed by atoms with E-state index in [2.05, 4.69) is 4.74 Å². The van der Waals surface area contributed by atoms with E-state index in [-0.39, 0.29) is 0 Å². The van der Waals surface area contributed by atoms with Gasteiger partial charge in [0, 0.05) is 0 Å². The standard InChI is InChI=1S/C9H13F3N2O6/c1-3(15)5(13)7(18)20-2-4(6(16)17)14-8(19)9(10,11)12/h3-5,15H,2,13H2,1H3,(H,14,19)(H,16,17)/t3?,4-,5?/m0/s1. The SMILES string of the molecule is CC(O)C(N)C(=O)OC[C@H](NC(=O)C(F)(F)F)C(=O)O. The molecule has 1 amide bonds. The molecule has 0 spiro atoms. The third-order valence-electron chi connectivity index (χ3n) is 2.05. The zero-order chi connectivity index (χ0) is 16.1. The van der Waals surface area contributed by atoms with Gasteiger partial charge in [-0.05, 0) is 6.92 Å². The van der Waals surface area contributed by atoms with Gasteiger partial charge >= 0.3 is 24.0 Å². The molecule has 0 heterocycles. The lowest BCUT2D eigenvalue weighted by atomic mass is 10.2. The topological polar surface area (TPSA) is 139 Å². The van der Waals surface area contributed by atoms with E-state index in [0.717, 1.165) is 12.2 Å². The molecule has 3 atom stereocenters. The first kappa shape index (κ1) is 18.1. The number of aliphatic carboxylic acids is 1. The molecule has 20 heavy (non-hydrogen) atoms. The molecule has 0 aliphatic carbocycles. The van der Waals surface area contributed by atoms with Crippen molar-refractivity contribution in [2.45, 2.75) is 31.3 Å². The summed E-state index contributed by atoms with van der Waals surface area (Å²) in [5.41, 5.74) is 5.15. The number of carbonyl (C=O) groups excluding carboxylic acids is 2. The third kappa shape index (κ3) is 5.84. The highest BCUT2D eigenvalue weighted by atomic mass is 19.4. The van der Waals surface area contributed by atoms with E-state index in [9.17, 15) is 27.6 Å². The van der Waals surface area contributed by atoms with Crippen molar-refractivity contribution in [2.75, 3.05) is 6.61 Å². The molecule has 0 rings (SSSR count). The van der Waals surface area contributed by atoms with Crippen LogP contribution in [-0.4, -0.2) is 59.0 Å². The average molecular weight is 302 g/mol. The van der Waals surface area contributed by atoms with Crippen molar-refractivity contribution < 1.29 is 42.5 Å². The molecule has 0 aromatic rings. The molecule has 11 heteroatoms. The Kier molecular flexibility index (Phi) is 6.39. The lowest BCUT2D eigenvalue weighted by Gasteiger charge is -2.18. The maximum Gasteiger partial charge on any atom is 0.471 e. The number of hydrogen-bond acceptors (Lipinski definition) is 6. The van der Waals surface area contributed by atoms with Gasteiger partial charge in [-0.3, -0.25) is 9.59 Å². The Bertz CT molecular complexity index is 384. The number of aliphatic hydroxyl groups is 1. The number of esters is 1. The van der Waals surface area contributed by atoms with Crippen LogP contribution in [0.2, 0.25) is 0 Å². The van der Waals surface area contributed by atoms with Crippen LogP contribution in [0.25, 0.3) is 0 Å². The second-order valence-corrected chi connectivity index (χ2v) is 3.76. The number of carboxylic acid groups (broad SMARTS) is 1. The van der Waals surface area contributed by atoms with Crippen molar-refractivity contribution >= 4 is 17.8 Å². The molecule has 0 aliphatic heterocycles. The molecular formula is C9H13F3N2O6. The van der Waals surface area contributed by atoms with E-state index in [1.807, 2.05) is 0 Å². The number of nitrogens with one attached hydrogen (secondary N) is 1. The fourth-order valence-corrected chi connectivity index (χ4v) is 0.873. The number of hydrogen-bond donors (Lipinski definition) is 4. The Morgan fingerprint density at radius 1 is 1.35 bits per heavy atom. The lowest BCUT2D eigenvalue weighted by Crippen LogP contribution is -2.50. The molecule has 0 aromatic carbocycles. The summed E-state index contributed by atoms with van der Waals surface area (Å²) in [6, 6.07) is -3.57. The van der Waals surface area contributed by atoms with Crippen molar-refractivity contribution in [1.82, 2.24) is 5.32 Å². The summed E-state index contributed by atoms with van der Waals surface area (Å²) in [5, 5.41) is 18.7. The van der Waals surface area contributed by atoms with Gasteiger partial charge in [0.25, 0.3) is 0 Å². The van der Waals surface area contributed by atoms with Gasteiger partial charge < -0.3 is 26.0 Å². The molecule has 0 aromatic heterocycles. The van der Waals surface area contributed by atoms with E-state index in [1.165, 1.54) is 0 Å². The Hall–Kier alpha value is -1.88. The number of amides is 1. The van der Waals surface area contributed by atoms with Crippen molar-refractivity contribution in [3.05, 3.63) is 0 Å². The Balaban J connectivity index is 4.55. The summed E-state index contributed by atoms with van der Waals surface area (Å²) in [6.07, 6.45) is -6.57. The molecule has 0 radical (unpaired) electrons. The summed E-state index contributed by atoms with van der Waals surface area (Å²) in [6.45, 7) is 0.0996. The van der Waals surface area contributed by atoms with Gasteiger partial charge in [-0.15, -0.1) is 0 Å². The van der Waals surface area contributed by atoms with Gasteiger partial charge in [-0.2, -0.15) is 13.2 Å². The van der Waals surface area contributed by atoms with Crippen LogP contribution < -0.4 is 11.1 Å². The van der Waals surface area contributed by atoms with E-state index < -0.39 is 48.8 Å². The van der Waals surface area contributed by atoms with E-state index >= 15 is 0 Å². The summed E-state index contributed by atoms with van der Waals surface area (Å²) >= 11 is 0. The number of nitrogens with two attached hydrogens (primary N) is 1. The van der Waals surface area contributed by atoms with Crippen LogP contribution in [0.5, 0.6) is 0 Å². The van der Waals surface area contributed by atoms with Gasteiger partial charge in [0.15, 0.2) is 6.04 Å². The second kappa shape index (κ2) is 7.05. The van der Waals surface area contributed by atoms with Crippen LogP contribution in [0.1, 0.15) is 6.92 Å². The predicted molar refractivity (Wildman–Crippen MR) is 56.2 cm³/mol.